The molecule has 0 aliphatic rings. The lowest BCUT2D eigenvalue weighted by Gasteiger charge is -2.23. The van der Waals surface area contributed by atoms with Crippen LogP contribution in [-0.4, -0.2) is 13.1 Å². The van der Waals surface area contributed by atoms with Crippen LogP contribution >= 0.6 is 15.9 Å². The highest BCUT2D eigenvalue weighted by molar-refractivity contribution is 9.10. The Balaban J connectivity index is 2.55. The SMILES string of the molecule is CCNCC(CCC(C)(C)C)Cc1ccc(Br)cc1. The molecule has 0 bridgehead atoms. The summed E-state index contributed by atoms with van der Waals surface area (Å²) in [5, 5.41) is 3.51. The van der Waals surface area contributed by atoms with E-state index in [2.05, 4.69) is 73.2 Å². The van der Waals surface area contributed by atoms with E-state index in [1.165, 1.54) is 24.8 Å². The minimum Gasteiger partial charge on any atom is -0.317 e. The van der Waals surface area contributed by atoms with Crippen LogP contribution in [0.5, 0.6) is 0 Å². The molecular weight excluding hydrogens is 298 g/mol. The zero-order valence-electron chi connectivity index (χ0n) is 12.8. The Labute approximate surface area is 127 Å². The van der Waals surface area contributed by atoms with Gasteiger partial charge in [-0.2, -0.15) is 0 Å². The molecule has 1 atom stereocenters. The molecule has 1 nitrogen and oxygen atoms in total. The van der Waals surface area contributed by atoms with Gasteiger partial charge in [0, 0.05) is 4.47 Å². The van der Waals surface area contributed by atoms with Crippen LogP contribution in [0.3, 0.4) is 0 Å². The minimum atomic E-state index is 0.435. The van der Waals surface area contributed by atoms with Gasteiger partial charge >= 0.3 is 0 Å². The zero-order valence-corrected chi connectivity index (χ0v) is 14.4. The lowest BCUT2D eigenvalue weighted by Crippen LogP contribution is -2.25. The van der Waals surface area contributed by atoms with Gasteiger partial charge in [0.1, 0.15) is 0 Å². The summed E-state index contributed by atoms with van der Waals surface area (Å²) in [7, 11) is 0. The Morgan fingerprint density at radius 2 is 1.79 bits per heavy atom. The molecule has 0 heterocycles. The topological polar surface area (TPSA) is 12.0 Å². The third-order valence-electron chi connectivity index (χ3n) is 3.42. The molecule has 1 unspecified atom stereocenters. The van der Waals surface area contributed by atoms with Gasteiger partial charge in [-0.15, -0.1) is 0 Å². The van der Waals surface area contributed by atoms with Crippen molar-refractivity contribution in [2.45, 2.75) is 47.0 Å². The first-order valence-electron chi connectivity index (χ1n) is 7.36. The van der Waals surface area contributed by atoms with Crippen LogP contribution in [0, 0.1) is 11.3 Å². The Morgan fingerprint density at radius 1 is 1.16 bits per heavy atom. The number of rotatable bonds is 7. The number of nitrogens with one attached hydrogen (secondary N) is 1. The zero-order chi connectivity index (χ0) is 14.3. The summed E-state index contributed by atoms with van der Waals surface area (Å²) in [6.45, 7) is 11.4. The summed E-state index contributed by atoms with van der Waals surface area (Å²) in [6.07, 6.45) is 3.77. The van der Waals surface area contributed by atoms with E-state index in [1.807, 2.05) is 0 Å². The van der Waals surface area contributed by atoms with Crippen molar-refractivity contribution in [3.63, 3.8) is 0 Å². The molecule has 0 aliphatic heterocycles. The van der Waals surface area contributed by atoms with E-state index in [4.69, 9.17) is 0 Å². The Morgan fingerprint density at radius 3 is 2.32 bits per heavy atom. The average molecular weight is 326 g/mol. The molecule has 0 fully saturated rings. The summed E-state index contributed by atoms with van der Waals surface area (Å²) in [4.78, 5) is 0. The molecular formula is C17H28BrN. The molecule has 0 radical (unpaired) electrons. The van der Waals surface area contributed by atoms with Gasteiger partial charge in [0.25, 0.3) is 0 Å². The molecule has 0 spiro atoms. The first-order valence-corrected chi connectivity index (χ1v) is 8.15. The van der Waals surface area contributed by atoms with E-state index in [9.17, 15) is 0 Å². The van der Waals surface area contributed by atoms with Crippen LogP contribution in [0.25, 0.3) is 0 Å². The molecule has 108 valence electrons. The molecule has 0 aliphatic carbocycles. The van der Waals surface area contributed by atoms with Gasteiger partial charge in [0.2, 0.25) is 0 Å². The Bertz CT molecular complexity index is 351. The highest BCUT2D eigenvalue weighted by atomic mass is 79.9. The average Bonchev–Trinajstić information content (AvgIpc) is 2.34. The maximum Gasteiger partial charge on any atom is 0.0175 e. The predicted octanol–water partition coefficient (Wildman–Crippen LogP) is 5.04. The molecule has 0 amide bonds. The van der Waals surface area contributed by atoms with Crippen molar-refractivity contribution in [3.8, 4) is 0 Å². The Hall–Kier alpha value is -0.340. The third-order valence-corrected chi connectivity index (χ3v) is 3.95. The lowest BCUT2D eigenvalue weighted by molar-refractivity contribution is 0.315. The quantitative estimate of drug-likeness (QED) is 0.740. The van der Waals surface area contributed by atoms with Gasteiger partial charge in [-0.3, -0.25) is 0 Å². The molecule has 0 saturated heterocycles. The van der Waals surface area contributed by atoms with E-state index >= 15 is 0 Å². The fourth-order valence-corrected chi connectivity index (χ4v) is 2.48. The summed E-state index contributed by atoms with van der Waals surface area (Å²) in [5.74, 6) is 0.736. The summed E-state index contributed by atoms with van der Waals surface area (Å²) < 4.78 is 1.16. The highest BCUT2D eigenvalue weighted by Gasteiger charge is 2.15. The number of hydrogen-bond acceptors (Lipinski definition) is 1. The molecule has 1 rings (SSSR count). The van der Waals surface area contributed by atoms with Gasteiger partial charge < -0.3 is 5.32 Å². The number of benzene rings is 1. The first kappa shape index (κ1) is 16.7. The monoisotopic (exact) mass is 325 g/mol. The number of halogens is 1. The third kappa shape index (κ3) is 7.74. The summed E-state index contributed by atoms with van der Waals surface area (Å²) in [5.41, 5.74) is 1.88. The first-order chi connectivity index (χ1) is 8.90. The molecule has 19 heavy (non-hydrogen) atoms. The molecule has 1 aromatic carbocycles. The van der Waals surface area contributed by atoms with E-state index in [1.54, 1.807) is 0 Å². The van der Waals surface area contributed by atoms with Crippen LogP contribution in [0.4, 0.5) is 0 Å². The van der Waals surface area contributed by atoms with Crippen LogP contribution in [0.2, 0.25) is 0 Å². The predicted molar refractivity (Wildman–Crippen MR) is 88.6 cm³/mol. The van der Waals surface area contributed by atoms with Gasteiger partial charge in [-0.25, -0.2) is 0 Å². The van der Waals surface area contributed by atoms with Crippen LogP contribution in [0.1, 0.15) is 46.1 Å². The van der Waals surface area contributed by atoms with Gasteiger partial charge in [-0.1, -0.05) is 55.8 Å². The van der Waals surface area contributed by atoms with Crippen molar-refractivity contribution in [2.75, 3.05) is 13.1 Å². The van der Waals surface area contributed by atoms with Crippen LogP contribution < -0.4 is 5.32 Å². The maximum absolute atomic E-state index is 3.51. The largest absolute Gasteiger partial charge is 0.317 e. The minimum absolute atomic E-state index is 0.435. The second-order valence-electron chi connectivity index (χ2n) is 6.60. The van der Waals surface area contributed by atoms with Crippen molar-refractivity contribution in [1.29, 1.82) is 0 Å². The van der Waals surface area contributed by atoms with Crippen molar-refractivity contribution >= 4 is 15.9 Å². The summed E-state index contributed by atoms with van der Waals surface area (Å²) >= 11 is 3.50. The van der Waals surface area contributed by atoms with Crippen LogP contribution in [0.15, 0.2) is 28.7 Å². The van der Waals surface area contributed by atoms with E-state index in [0.717, 1.165) is 23.5 Å². The van der Waals surface area contributed by atoms with Crippen molar-refractivity contribution in [3.05, 3.63) is 34.3 Å². The second kappa shape index (κ2) is 8.06. The molecule has 0 saturated carbocycles. The maximum atomic E-state index is 3.51. The fourth-order valence-electron chi connectivity index (χ4n) is 2.22. The normalized spacial score (nSPS) is 13.5. The number of hydrogen-bond donors (Lipinski definition) is 1. The molecule has 0 aromatic heterocycles. The van der Waals surface area contributed by atoms with Gasteiger partial charge in [0.05, 0.1) is 0 Å². The fraction of sp³-hybridized carbons (Fsp3) is 0.647. The molecule has 2 heteroatoms. The molecule has 1 N–H and O–H groups in total. The standard InChI is InChI=1S/C17H28BrN/c1-5-19-13-15(10-11-17(2,3)4)12-14-6-8-16(18)9-7-14/h6-9,15,19H,5,10-13H2,1-4H3. The van der Waals surface area contributed by atoms with Crippen molar-refractivity contribution < 1.29 is 0 Å². The second-order valence-corrected chi connectivity index (χ2v) is 7.52. The van der Waals surface area contributed by atoms with E-state index in [0.29, 0.717) is 5.41 Å². The Kier molecular flexibility index (Phi) is 7.09. The summed E-state index contributed by atoms with van der Waals surface area (Å²) in [6, 6.07) is 8.76. The van der Waals surface area contributed by atoms with Crippen molar-refractivity contribution in [2.24, 2.45) is 11.3 Å². The van der Waals surface area contributed by atoms with E-state index in [-0.39, 0.29) is 0 Å². The lowest BCUT2D eigenvalue weighted by atomic mass is 9.84. The van der Waals surface area contributed by atoms with Crippen molar-refractivity contribution in [1.82, 2.24) is 5.32 Å². The van der Waals surface area contributed by atoms with Gasteiger partial charge in [0.15, 0.2) is 0 Å². The van der Waals surface area contributed by atoms with E-state index < -0.39 is 0 Å². The van der Waals surface area contributed by atoms with Gasteiger partial charge in [-0.05, 0) is 61.4 Å². The van der Waals surface area contributed by atoms with Crippen LogP contribution in [-0.2, 0) is 6.42 Å². The molecule has 1 aromatic rings. The smallest absolute Gasteiger partial charge is 0.0175 e. The highest BCUT2D eigenvalue weighted by Crippen LogP contribution is 2.25.